The lowest BCUT2D eigenvalue weighted by atomic mass is 10.1. The lowest BCUT2D eigenvalue weighted by Gasteiger charge is -2.05. The SMILES string of the molecule is O=C(N/N=C\C(=N\NC(=O)C(=O)Nc1ccccc1)c1ccccc1)C(=O)Nc1ccccc1. The highest BCUT2D eigenvalue weighted by Crippen LogP contribution is 2.05. The van der Waals surface area contributed by atoms with Crippen LogP contribution in [0.4, 0.5) is 11.4 Å². The third-order valence-electron chi connectivity index (χ3n) is 4.18. The fraction of sp³-hybridized carbons (Fsp3) is 0. The second-order valence-corrected chi connectivity index (χ2v) is 6.64. The minimum absolute atomic E-state index is 0.130. The highest BCUT2D eigenvalue weighted by atomic mass is 16.2. The first-order chi connectivity index (χ1) is 16.5. The molecule has 0 bridgehead atoms. The summed E-state index contributed by atoms with van der Waals surface area (Å²) in [5, 5.41) is 12.5. The summed E-state index contributed by atoms with van der Waals surface area (Å²) in [6, 6.07) is 25.5. The van der Waals surface area contributed by atoms with Crippen LogP contribution < -0.4 is 21.5 Å². The van der Waals surface area contributed by atoms with Gasteiger partial charge >= 0.3 is 23.6 Å². The highest BCUT2D eigenvalue weighted by Gasteiger charge is 2.14. The maximum atomic E-state index is 12.1. The molecule has 0 fully saturated rings. The van der Waals surface area contributed by atoms with Crippen LogP contribution in [0.15, 0.2) is 101 Å². The summed E-state index contributed by atoms with van der Waals surface area (Å²) in [5.41, 5.74) is 5.82. The van der Waals surface area contributed by atoms with Crippen LogP contribution in [0, 0.1) is 0 Å². The number of anilines is 2. The zero-order valence-corrected chi connectivity index (χ0v) is 17.8. The maximum absolute atomic E-state index is 12.1. The average Bonchev–Trinajstić information content (AvgIpc) is 2.87. The zero-order chi connectivity index (χ0) is 24.2. The minimum Gasteiger partial charge on any atom is -0.318 e. The van der Waals surface area contributed by atoms with E-state index in [0.29, 0.717) is 16.9 Å². The Kier molecular flexibility index (Phi) is 8.35. The van der Waals surface area contributed by atoms with Crippen molar-refractivity contribution < 1.29 is 19.2 Å². The molecule has 4 N–H and O–H groups in total. The van der Waals surface area contributed by atoms with Gasteiger partial charge in [0.15, 0.2) is 0 Å². The first-order valence-corrected chi connectivity index (χ1v) is 10.0. The van der Waals surface area contributed by atoms with Gasteiger partial charge in [-0.3, -0.25) is 19.2 Å². The summed E-state index contributed by atoms with van der Waals surface area (Å²) < 4.78 is 0. The molecule has 0 heterocycles. The van der Waals surface area contributed by atoms with Crippen LogP contribution in [0.5, 0.6) is 0 Å². The number of nitrogens with zero attached hydrogens (tertiary/aromatic N) is 2. The Hall–Kier alpha value is -5.12. The van der Waals surface area contributed by atoms with E-state index < -0.39 is 23.6 Å². The molecule has 0 radical (unpaired) electrons. The van der Waals surface area contributed by atoms with Crippen molar-refractivity contribution in [3.05, 3.63) is 96.6 Å². The molecule has 0 spiro atoms. The molecule has 4 amide bonds. The quantitative estimate of drug-likeness (QED) is 0.255. The van der Waals surface area contributed by atoms with Gasteiger partial charge in [0.25, 0.3) is 0 Å². The van der Waals surface area contributed by atoms with Crippen LogP contribution in [-0.4, -0.2) is 35.6 Å². The third kappa shape index (κ3) is 7.24. The van der Waals surface area contributed by atoms with Crippen molar-refractivity contribution in [3.63, 3.8) is 0 Å². The Morgan fingerprint density at radius 1 is 0.559 bits per heavy atom. The van der Waals surface area contributed by atoms with Gasteiger partial charge < -0.3 is 10.6 Å². The smallest absolute Gasteiger partial charge is 0.318 e. The van der Waals surface area contributed by atoms with E-state index in [1.54, 1.807) is 91.0 Å². The van der Waals surface area contributed by atoms with Gasteiger partial charge in [0.05, 0.1) is 6.21 Å². The third-order valence-corrected chi connectivity index (χ3v) is 4.18. The fourth-order valence-electron chi connectivity index (χ4n) is 2.56. The van der Waals surface area contributed by atoms with E-state index in [-0.39, 0.29) is 5.71 Å². The van der Waals surface area contributed by atoms with E-state index in [1.165, 1.54) is 0 Å². The summed E-state index contributed by atoms with van der Waals surface area (Å²) >= 11 is 0. The van der Waals surface area contributed by atoms with Gasteiger partial charge in [0, 0.05) is 16.9 Å². The predicted molar refractivity (Wildman–Crippen MR) is 128 cm³/mol. The Morgan fingerprint density at radius 3 is 1.50 bits per heavy atom. The van der Waals surface area contributed by atoms with Crippen LogP contribution in [0.25, 0.3) is 0 Å². The van der Waals surface area contributed by atoms with E-state index in [0.717, 1.165) is 6.21 Å². The molecule has 0 saturated heterocycles. The molecule has 0 aliphatic heterocycles. The monoisotopic (exact) mass is 456 g/mol. The Labute approximate surface area is 194 Å². The fourth-order valence-corrected chi connectivity index (χ4v) is 2.56. The maximum Gasteiger partial charge on any atom is 0.329 e. The Bertz CT molecular complexity index is 1210. The number of amides is 4. The van der Waals surface area contributed by atoms with Crippen molar-refractivity contribution in [2.45, 2.75) is 0 Å². The number of nitrogens with one attached hydrogen (secondary N) is 4. The summed E-state index contributed by atoms with van der Waals surface area (Å²) in [5.74, 6) is -3.83. The van der Waals surface area contributed by atoms with E-state index in [4.69, 9.17) is 0 Å². The first-order valence-electron chi connectivity index (χ1n) is 10.0. The van der Waals surface area contributed by atoms with Gasteiger partial charge in [-0.05, 0) is 24.3 Å². The number of hydrogen-bond acceptors (Lipinski definition) is 6. The van der Waals surface area contributed by atoms with Crippen LogP contribution in [-0.2, 0) is 19.2 Å². The normalized spacial score (nSPS) is 10.9. The summed E-state index contributed by atoms with van der Waals surface area (Å²) in [6.45, 7) is 0. The molecule has 0 aromatic heterocycles. The molecule has 3 aromatic carbocycles. The van der Waals surface area contributed by atoms with Crippen LogP contribution in [0.2, 0.25) is 0 Å². The molecule has 3 rings (SSSR count). The number of carbonyl (C=O) groups excluding carboxylic acids is 4. The van der Waals surface area contributed by atoms with Gasteiger partial charge in [-0.1, -0.05) is 66.7 Å². The predicted octanol–water partition coefficient (Wildman–Crippen LogP) is 1.89. The Balaban J connectivity index is 1.63. The lowest BCUT2D eigenvalue weighted by Crippen LogP contribution is -2.34. The number of benzene rings is 3. The van der Waals surface area contributed by atoms with Crippen LogP contribution in [0.3, 0.4) is 0 Å². The van der Waals surface area contributed by atoms with Gasteiger partial charge in [0.1, 0.15) is 5.71 Å². The summed E-state index contributed by atoms with van der Waals surface area (Å²) in [7, 11) is 0. The van der Waals surface area contributed by atoms with Gasteiger partial charge in [-0.15, -0.1) is 0 Å². The first kappa shape index (κ1) is 23.5. The molecule has 10 nitrogen and oxygen atoms in total. The molecular weight excluding hydrogens is 436 g/mol. The number of carbonyl (C=O) groups is 4. The van der Waals surface area contributed by atoms with E-state index in [9.17, 15) is 19.2 Å². The van der Waals surface area contributed by atoms with Gasteiger partial charge in [-0.2, -0.15) is 10.2 Å². The zero-order valence-electron chi connectivity index (χ0n) is 17.8. The molecule has 0 unspecified atom stereocenters. The summed E-state index contributed by atoms with van der Waals surface area (Å²) in [6.07, 6.45) is 1.14. The topological polar surface area (TPSA) is 141 Å². The number of para-hydroxylation sites is 2. The minimum atomic E-state index is -1.00. The number of rotatable bonds is 6. The van der Waals surface area contributed by atoms with Crippen LogP contribution in [0.1, 0.15) is 5.56 Å². The van der Waals surface area contributed by atoms with Gasteiger partial charge in [-0.25, -0.2) is 10.9 Å². The molecule has 34 heavy (non-hydrogen) atoms. The largest absolute Gasteiger partial charge is 0.329 e. The number of hydrazone groups is 2. The lowest BCUT2D eigenvalue weighted by molar-refractivity contribution is -0.136. The van der Waals surface area contributed by atoms with E-state index >= 15 is 0 Å². The standard InChI is InChI=1S/C24H20N6O4/c31-21(26-18-12-6-2-7-13-18)23(33)29-25-16-20(17-10-4-1-5-11-17)28-30-24(34)22(32)27-19-14-8-3-9-15-19/h1-16H,(H,26,31)(H,27,32)(H,29,33)(H,30,34)/b25-16-,28-20-. The molecule has 0 atom stereocenters. The van der Waals surface area contributed by atoms with Crippen molar-refractivity contribution in [1.82, 2.24) is 10.9 Å². The molecule has 170 valence electrons. The van der Waals surface area contributed by atoms with Gasteiger partial charge in [0.2, 0.25) is 0 Å². The van der Waals surface area contributed by atoms with Crippen molar-refractivity contribution in [2.24, 2.45) is 10.2 Å². The van der Waals surface area contributed by atoms with E-state index in [1.807, 2.05) is 0 Å². The average molecular weight is 456 g/mol. The molecule has 0 saturated carbocycles. The number of hydrogen-bond donors (Lipinski definition) is 4. The molecule has 0 aliphatic carbocycles. The van der Waals surface area contributed by atoms with Crippen LogP contribution >= 0.6 is 0 Å². The van der Waals surface area contributed by atoms with Crippen molar-refractivity contribution in [2.75, 3.05) is 10.6 Å². The molecule has 0 aliphatic rings. The highest BCUT2D eigenvalue weighted by molar-refractivity contribution is 6.42. The second-order valence-electron chi connectivity index (χ2n) is 6.64. The van der Waals surface area contributed by atoms with Crippen molar-refractivity contribution in [3.8, 4) is 0 Å². The Morgan fingerprint density at radius 2 is 1.00 bits per heavy atom. The molecule has 3 aromatic rings. The molecular formula is C24H20N6O4. The second kappa shape index (κ2) is 12.1. The molecule has 10 heteroatoms. The van der Waals surface area contributed by atoms with Crippen molar-refractivity contribution in [1.29, 1.82) is 0 Å². The van der Waals surface area contributed by atoms with Crippen molar-refractivity contribution >= 4 is 46.9 Å². The van der Waals surface area contributed by atoms with E-state index in [2.05, 4.69) is 31.7 Å². The summed E-state index contributed by atoms with van der Waals surface area (Å²) in [4.78, 5) is 48.2.